The zero-order valence-electron chi connectivity index (χ0n) is 18.4. The van der Waals surface area contributed by atoms with E-state index >= 15 is 0 Å². The van der Waals surface area contributed by atoms with Gasteiger partial charge in [0.15, 0.2) is 0 Å². The van der Waals surface area contributed by atoms with Crippen LogP contribution in [-0.4, -0.2) is 39.1 Å². The maximum atomic E-state index is 11.0. The van der Waals surface area contributed by atoms with Gasteiger partial charge in [-0.15, -0.1) is 0 Å². The predicted molar refractivity (Wildman–Crippen MR) is 127 cm³/mol. The van der Waals surface area contributed by atoms with Gasteiger partial charge in [0.05, 0.1) is 11.0 Å². The van der Waals surface area contributed by atoms with Crippen LogP contribution in [0.5, 0.6) is 0 Å². The number of carboxylic acids is 1. The lowest BCUT2D eigenvalue weighted by atomic mass is 9.65. The zero-order valence-corrected chi connectivity index (χ0v) is 19.2. The van der Waals surface area contributed by atoms with Crippen LogP contribution in [0.25, 0.3) is 22.4 Å². The fraction of sp³-hybridized carbons (Fsp3) is 0.480. The summed E-state index contributed by atoms with van der Waals surface area (Å²) in [7, 11) is 0. The summed E-state index contributed by atoms with van der Waals surface area (Å²) in [5.41, 5.74) is 4.30. The number of anilines is 1. The van der Waals surface area contributed by atoms with E-state index in [1.165, 1.54) is 25.7 Å². The summed E-state index contributed by atoms with van der Waals surface area (Å²) in [5.74, 6) is 1.53. The number of hydrogen-bond donors (Lipinski definition) is 2. The number of nitrogens with one attached hydrogen (secondary N) is 1. The van der Waals surface area contributed by atoms with E-state index in [1.807, 2.05) is 25.3 Å². The van der Waals surface area contributed by atoms with Crippen LogP contribution < -0.4 is 4.90 Å². The van der Waals surface area contributed by atoms with Crippen molar-refractivity contribution >= 4 is 34.4 Å². The Morgan fingerprint density at radius 2 is 1.97 bits per heavy atom. The summed E-state index contributed by atoms with van der Waals surface area (Å²) in [5, 5.41) is 9.76. The first-order chi connectivity index (χ1) is 15.4. The molecule has 2 N–H and O–H groups in total. The third kappa shape index (κ3) is 4.20. The number of fused-ring (bicyclic) bond motifs is 1. The number of carboxylic acid groups (broad SMARTS) is 1. The number of rotatable bonds is 4. The first kappa shape index (κ1) is 21.3. The lowest BCUT2D eigenvalue weighted by molar-refractivity contribution is -0.138. The Bertz CT molecular complexity index is 1120. The molecule has 1 aliphatic heterocycles. The number of aromatic nitrogens is 3. The van der Waals surface area contributed by atoms with Crippen molar-refractivity contribution in [2.24, 2.45) is 11.3 Å². The number of hydrogen-bond acceptors (Lipinski definition) is 4. The number of piperidine rings is 1. The highest BCUT2D eigenvalue weighted by atomic mass is 35.5. The number of aliphatic carboxylic acids is 1. The fourth-order valence-corrected chi connectivity index (χ4v) is 5.82. The van der Waals surface area contributed by atoms with E-state index in [0.29, 0.717) is 22.8 Å². The van der Waals surface area contributed by atoms with Crippen LogP contribution in [0.3, 0.4) is 0 Å². The normalized spacial score (nSPS) is 19.0. The van der Waals surface area contributed by atoms with Crippen molar-refractivity contribution in [1.82, 2.24) is 15.0 Å². The lowest BCUT2D eigenvalue weighted by Gasteiger charge is -2.46. The second kappa shape index (κ2) is 8.39. The Labute approximate surface area is 193 Å². The number of aryl methyl sites for hydroxylation is 1. The molecule has 6 nitrogen and oxygen atoms in total. The largest absolute Gasteiger partial charge is 0.481 e. The molecular weight excluding hydrogens is 424 g/mol. The van der Waals surface area contributed by atoms with E-state index in [2.05, 4.69) is 22.0 Å². The molecule has 32 heavy (non-hydrogen) atoms. The molecule has 0 radical (unpaired) electrons. The van der Waals surface area contributed by atoms with E-state index in [9.17, 15) is 4.79 Å². The molecule has 168 valence electrons. The average Bonchev–Trinajstić information content (AvgIpc) is 3.20. The number of pyridine rings is 1. The molecule has 1 aliphatic carbocycles. The van der Waals surface area contributed by atoms with Gasteiger partial charge >= 0.3 is 5.97 Å². The van der Waals surface area contributed by atoms with Crippen molar-refractivity contribution in [2.45, 2.75) is 51.9 Å². The molecule has 1 aromatic carbocycles. The molecule has 1 saturated carbocycles. The van der Waals surface area contributed by atoms with Crippen molar-refractivity contribution in [2.75, 3.05) is 18.0 Å². The molecular formula is C25H29ClN4O2. The van der Waals surface area contributed by atoms with Gasteiger partial charge < -0.3 is 15.0 Å². The SMILES string of the molecule is Cc1cc(Cl)cc2[nH]c(-c3ccc(N4CCC5(CCC(CC(=O)O)CC5)CC4)nc3)nc12. The molecule has 0 amide bonds. The summed E-state index contributed by atoms with van der Waals surface area (Å²) >= 11 is 6.18. The van der Waals surface area contributed by atoms with Gasteiger partial charge in [0.25, 0.3) is 0 Å². The maximum Gasteiger partial charge on any atom is 0.303 e. The molecule has 2 aliphatic rings. The number of benzene rings is 1. The molecule has 1 saturated heterocycles. The Balaban J connectivity index is 1.23. The van der Waals surface area contributed by atoms with Gasteiger partial charge in [-0.05, 0) is 86.6 Å². The minimum Gasteiger partial charge on any atom is -0.481 e. The van der Waals surface area contributed by atoms with Gasteiger partial charge in [-0.1, -0.05) is 11.6 Å². The highest BCUT2D eigenvalue weighted by molar-refractivity contribution is 6.31. The highest BCUT2D eigenvalue weighted by Gasteiger charge is 2.38. The second-order valence-electron chi connectivity index (χ2n) is 9.64. The Hall–Kier alpha value is -2.60. The standard InChI is InChI=1S/C25H29ClN4O2/c1-16-12-19(26)14-20-23(16)29-24(28-20)18-2-3-21(27-15-18)30-10-8-25(9-11-30)6-4-17(5-7-25)13-22(31)32/h2-3,12,14-15,17H,4-11,13H2,1H3,(H,28,29)(H,31,32). The van der Waals surface area contributed by atoms with Gasteiger partial charge in [-0.2, -0.15) is 0 Å². The topological polar surface area (TPSA) is 82.1 Å². The van der Waals surface area contributed by atoms with Crippen LogP contribution in [-0.2, 0) is 4.79 Å². The monoisotopic (exact) mass is 452 g/mol. The van der Waals surface area contributed by atoms with Crippen LogP contribution in [0.1, 0.15) is 50.5 Å². The maximum absolute atomic E-state index is 11.0. The average molecular weight is 453 g/mol. The molecule has 1 spiro atoms. The molecule has 0 atom stereocenters. The molecule has 5 rings (SSSR count). The number of H-pyrrole nitrogens is 1. The van der Waals surface area contributed by atoms with Gasteiger partial charge in [0, 0.05) is 36.3 Å². The van der Waals surface area contributed by atoms with E-state index in [4.69, 9.17) is 26.7 Å². The highest BCUT2D eigenvalue weighted by Crippen LogP contribution is 2.47. The summed E-state index contributed by atoms with van der Waals surface area (Å²) in [6.45, 7) is 4.04. The fourth-order valence-electron chi connectivity index (χ4n) is 5.55. The molecule has 3 aromatic rings. The first-order valence-corrected chi connectivity index (χ1v) is 11.9. The Morgan fingerprint density at radius 1 is 1.22 bits per heavy atom. The quantitative estimate of drug-likeness (QED) is 0.519. The van der Waals surface area contributed by atoms with Crippen LogP contribution in [0.15, 0.2) is 30.5 Å². The summed E-state index contributed by atoms with van der Waals surface area (Å²) in [6, 6.07) is 8.00. The van der Waals surface area contributed by atoms with Crippen LogP contribution in [0.2, 0.25) is 5.02 Å². The predicted octanol–water partition coefficient (Wildman–Crippen LogP) is 5.84. The minimum atomic E-state index is -0.656. The number of halogens is 1. The van der Waals surface area contributed by atoms with Crippen molar-refractivity contribution in [3.8, 4) is 11.4 Å². The number of aromatic amines is 1. The van der Waals surface area contributed by atoms with E-state index in [0.717, 1.165) is 59.7 Å². The molecule has 3 heterocycles. The zero-order chi connectivity index (χ0) is 22.3. The third-order valence-electron chi connectivity index (χ3n) is 7.54. The van der Waals surface area contributed by atoms with Crippen molar-refractivity contribution in [1.29, 1.82) is 0 Å². The van der Waals surface area contributed by atoms with Crippen LogP contribution >= 0.6 is 11.6 Å². The third-order valence-corrected chi connectivity index (χ3v) is 7.76. The number of nitrogens with zero attached hydrogens (tertiary/aromatic N) is 3. The second-order valence-corrected chi connectivity index (χ2v) is 10.1. The molecule has 0 unspecified atom stereocenters. The molecule has 0 bridgehead atoms. The molecule has 2 fully saturated rings. The van der Waals surface area contributed by atoms with E-state index in [1.54, 1.807) is 0 Å². The van der Waals surface area contributed by atoms with E-state index < -0.39 is 5.97 Å². The van der Waals surface area contributed by atoms with E-state index in [-0.39, 0.29) is 0 Å². The van der Waals surface area contributed by atoms with Gasteiger partial charge in [-0.25, -0.2) is 9.97 Å². The van der Waals surface area contributed by atoms with Gasteiger partial charge in [0.2, 0.25) is 0 Å². The van der Waals surface area contributed by atoms with Crippen molar-refractivity contribution in [3.63, 3.8) is 0 Å². The number of imidazole rings is 1. The van der Waals surface area contributed by atoms with Gasteiger partial charge in [0.1, 0.15) is 11.6 Å². The smallest absolute Gasteiger partial charge is 0.303 e. The Kier molecular flexibility index (Phi) is 5.58. The minimum absolute atomic E-state index is 0.330. The van der Waals surface area contributed by atoms with Crippen LogP contribution in [0, 0.1) is 18.3 Å². The summed E-state index contributed by atoms with van der Waals surface area (Å²) in [6.07, 6.45) is 9.01. The van der Waals surface area contributed by atoms with Crippen molar-refractivity contribution < 1.29 is 9.90 Å². The van der Waals surface area contributed by atoms with Crippen LogP contribution in [0.4, 0.5) is 5.82 Å². The van der Waals surface area contributed by atoms with Crippen molar-refractivity contribution in [3.05, 3.63) is 41.0 Å². The van der Waals surface area contributed by atoms with Gasteiger partial charge in [-0.3, -0.25) is 4.79 Å². The number of carbonyl (C=O) groups is 1. The molecule has 2 aromatic heterocycles. The summed E-state index contributed by atoms with van der Waals surface area (Å²) in [4.78, 5) is 26.2. The molecule has 7 heteroatoms. The lowest BCUT2D eigenvalue weighted by Crippen LogP contribution is -2.42. The first-order valence-electron chi connectivity index (χ1n) is 11.5. The Morgan fingerprint density at radius 3 is 2.62 bits per heavy atom. The summed E-state index contributed by atoms with van der Waals surface area (Å²) < 4.78 is 0.